The van der Waals surface area contributed by atoms with E-state index in [0.717, 1.165) is 0 Å². The zero-order chi connectivity index (χ0) is 19.3. The van der Waals surface area contributed by atoms with Gasteiger partial charge in [0.05, 0.1) is 32.4 Å². The van der Waals surface area contributed by atoms with Crippen LogP contribution in [-0.4, -0.2) is 70.3 Å². The van der Waals surface area contributed by atoms with Gasteiger partial charge in [-0.05, 0) is 6.42 Å². The molecule has 27 heavy (non-hydrogen) atoms. The lowest BCUT2D eigenvalue weighted by Crippen LogP contribution is -2.44. The first-order valence-electron chi connectivity index (χ1n) is 8.48. The fourth-order valence-corrected chi connectivity index (χ4v) is 3.00. The maximum atomic E-state index is 12.9. The molecular weight excluding hydrogens is 374 g/mol. The van der Waals surface area contributed by atoms with Gasteiger partial charge in [0.1, 0.15) is 17.5 Å². The summed E-state index contributed by atoms with van der Waals surface area (Å²) in [6.07, 6.45) is 0.362. The molecule has 1 aliphatic rings. The molecule has 1 heterocycles. The van der Waals surface area contributed by atoms with Gasteiger partial charge in [-0.3, -0.25) is 9.59 Å². The first-order chi connectivity index (χ1) is 12.4. The van der Waals surface area contributed by atoms with Gasteiger partial charge in [0.15, 0.2) is 0 Å². The molecule has 0 bridgehead atoms. The first-order valence-corrected chi connectivity index (χ1v) is 8.48. The van der Waals surface area contributed by atoms with E-state index in [0.29, 0.717) is 30.2 Å². The van der Waals surface area contributed by atoms with Gasteiger partial charge >= 0.3 is 0 Å². The summed E-state index contributed by atoms with van der Waals surface area (Å²) in [5.74, 6) is 0.917. The van der Waals surface area contributed by atoms with E-state index in [1.807, 2.05) is 0 Å². The van der Waals surface area contributed by atoms with Crippen molar-refractivity contribution in [3.8, 4) is 11.5 Å². The Bertz CT molecular complexity index is 632. The second-order valence-corrected chi connectivity index (χ2v) is 6.17. The number of ether oxygens (including phenoxy) is 3. The normalized spacial score (nSPS) is 17.3. The summed E-state index contributed by atoms with van der Waals surface area (Å²) in [6.45, 7) is 0.770. The minimum absolute atomic E-state index is 0. The predicted octanol–water partition coefficient (Wildman–Crippen LogP) is 1.05. The SMILES string of the molecule is COc1cc(OC)cc(N2CCC(N(C)C(=O)CC(CN)OC)C2=O)c1.Cl. The summed E-state index contributed by atoms with van der Waals surface area (Å²) in [7, 11) is 6.28. The molecule has 2 amide bonds. The van der Waals surface area contributed by atoms with E-state index in [9.17, 15) is 9.59 Å². The number of carbonyl (C=O) groups excluding carboxylic acids is 2. The molecule has 152 valence electrons. The number of rotatable bonds is 8. The van der Waals surface area contributed by atoms with Gasteiger partial charge < -0.3 is 29.7 Å². The standard InChI is InChI=1S/C18H27N3O5.ClH/c1-20(17(22)10-15(11-19)26-4)16-5-6-21(18(16)23)12-7-13(24-2)9-14(8-12)25-3;/h7-9,15-16H,5-6,10-11,19H2,1-4H3;1H. The van der Waals surface area contributed by atoms with Crippen molar-refractivity contribution in [2.24, 2.45) is 5.73 Å². The van der Waals surface area contributed by atoms with Crippen LogP contribution in [0, 0.1) is 0 Å². The average molecular weight is 402 g/mol. The van der Waals surface area contributed by atoms with Crippen LogP contribution in [0.1, 0.15) is 12.8 Å². The van der Waals surface area contributed by atoms with E-state index in [4.69, 9.17) is 19.9 Å². The minimum atomic E-state index is -0.505. The molecule has 0 aliphatic carbocycles. The maximum Gasteiger partial charge on any atom is 0.249 e. The number of benzene rings is 1. The van der Waals surface area contributed by atoms with Crippen molar-refractivity contribution >= 4 is 29.9 Å². The fourth-order valence-electron chi connectivity index (χ4n) is 3.00. The van der Waals surface area contributed by atoms with Crippen LogP contribution in [0.25, 0.3) is 0 Å². The van der Waals surface area contributed by atoms with E-state index in [-0.39, 0.29) is 43.3 Å². The number of amides is 2. The van der Waals surface area contributed by atoms with Gasteiger partial charge in [-0.15, -0.1) is 12.4 Å². The van der Waals surface area contributed by atoms with Crippen molar-refractivity contribution in [3.05, 3.63) is 18.2 Å². The smallest absolute Gasteiger partial charge is 0.249 e. The highest BCUT2D eigenvalue weighted by Crippen LogP contribution is 2.31. The van der Waals surface area contributed by atoms with Gasteiger partial charge in [0, 0.05) is 45.4 Å². The highest BCUT2D eigenvalue weighted by atomic mass is 35.5. The summed E-state index contributed by atoms with van der Waals surface area (Å²) in [5, 5.41) is 0. The lowest BCUT2D eigenvalue weighted by Gasteiger charge is -2.25. The largest absolute Gasteiger partial charge is 0.497 e. The monoisotopic (exact) mass is 401 g/mol. The van der Waals surface area contributed by atoms with Crippen LogP contribution in [0.3, 0.4) is 0 Å². The van der Waals surface area contributed by atoms with Gasteiger partial charge in [-0.1, -0.05) is 0 Å². The quantitative estimate of drug-likeness (QED) is 0.699. The lowest BCUT2D eigenvalue weighted by atomic mass is 10.1. The van der Waals surface area contributed by atoms with E-state index < -0.39 is 6.04 Å². The molecule has 1 aliphatic heterocycles. The third-order valence-corrected chi connectivity index (χ3v) is 4.68. The van der Waals surface area contributed by atoms with Crippen LogP contribution in [0.2, 0.25) is 0 Å². The molecule has 2 atom stereocenters. The second-order valence-electron chi connectivity index (χ2n) is 6.17. The Kier molecular flexibility index (Phi) is 8.81. The Morgan fingerprint density at radius 3 is 2.33 bits per heavy atom. The Labute approximate surface area is 165 Å². The van der Waals surface area contributed by atoms with E-state index in [2.05, 4.69) is 0 Å². The molecule has 1 saturated heterocycles. The molecule has 0 spiro atoms. The van der Waals surface area contributed by atoms with Crippen LogP contribution >= 0.6 is 12.4 Å². The summed E-state index contributed by atoms with van der Waals surface area (Å²) in [6, 6.07) is 4.80. The second kappa shape index (κ2) is 10.3. The third-order valence-electron chi connectivity index (χ3n) is 4.68. The van der Waals surface area contributed by atoms with Crippen LogP contribution in [-0.2, 0) is 14.3 Å². The molecule has 1 fully saturated rings. The molecule has 2 N–H and O–H groups in total. The number of halogens is 1. The summed E-state index contributed by atoms with van der Waals surface area (Å²) in [4.78, 5) is 28.4. The number of nitrogens with two attached hydrogens (primary N) is 1. The third kappa shape index (κ3) is 5.24. The van der Waals surface area contributed by atoms with Crippen molar-refractivity contribution in [2.45, 2.75) is 25.0 Å². The van der Waals surface area contributed by atoms with Crippen molar-refractivity contribution in [1.29, 1.82) is 0 Å². The van der Waals surface area contributed by atoms with Crippen LogP contribution in [0.5, 0.6) is 11.5 Å². The Hall–Kier alpha value is -2.03. The predicted molar refractivity (Wildman–Crippen MR) is 105 cm³/mol. The molecular formula is C18H28ClN3O5. The number of carbonyl (C=O) groups is 2. The highest BCUT2D eigenvalue weighted by molar-refractivity contribution is 6.01. The van der Waals surface area contributed by atoms with Crippen LogP contribution in [0.15, 0.2) is 18.2 Å². The minimum Gasteiger partial charge on any atom is -0.497 e. The number of methoxy groups -OCH3 is 3. The Morgan fingerprint density at radius 1 is 1.26 bits per heavy atom. The number of hydrogen-bond donors (Lipinski definition) is 1. The topological polar surface area (TPSA) is 94.3 Å². The zero-order valence-corrected chi connectivity index (χ0v) is 17.0. The number of anilines is 1. The number of hydrogen-bond acceptors (Lipinski definition) is 6. The lowest BCUT2D eigenvalue weighted by molar-refractivity contribution is -0.138. The highest BCUT2D eigenvalue weighted by Gasteiger charge is 2.37. The molecule has 8 nitrogen and oxygen atoms in total. The summed E-state index contributed by atoms with van der Waals surface area (Å²) >= 11 is 0. The van der Waals surface area contributed by atoms with Gasteiger partial charge in [-0.2, -0.15) is 0 Å². The van der Waals surface area contributed by atoms with Crippen molar-refractivity contribution in [3.63, 3.8) is 0 Å². The van der Waals surface area contributed by atoms with Crippen molar-refractivity contribution < 1.29 is 23.8 Å². The zero-order valence-electron chi connectivity index (χ0n) is 16.1. The van der Waals surface area contributed by atoms with Gasteiger partial charge in [0.2, 0.25) is 11.8 Å². The first kappa shape index (κ1) is 23.0. The summed E-state index contributed by atoms with van der Waals surface area (Å²) in [5.41, 5.74) is 6.26. The van der Waals surface area contributed by atoms with E-state index in [1.165, 1.54) is 12.0 Å². The van der Waals surface area contributed by atoms with Gasteiger partial charge in [0.25, 0.3) is 0 Å². The molecule has 0 radical (unpaired) electrons. The van der Waals surface area contributed by atoms with Crippen LogP contribution < -0.4 is 20.1 Å². The van der Waals surface area contributed by atoms with Crippen molar-refractivity contribution in [1.82, 2.24) is 4.90 Å². The molecule has 2 unspecified atom stereocenters. The molecule has 1 aromatic carbocycles. The number of nitrogens with zero attached hydrogens (tertiary/aromatic N) is 2. The number of likely N-dealkylation sites (N-methyl/N-ethyl adjacent to an activating group) is 1. The van der Waals surface area contributed by atoms with E-state index in [1.54, 1.807) is 44.4 Å². The fraction of sp³-hybridized carbons (Fsp3) is 0.556. The average Bonchev–Trinajstić information content (AvgIpc) is 3.05. The molecule has 0 aromatic heterocycles. The summed E-state index contributed by atoms with van der Waals surface area (Å²) < 4.78 is 15.7. The van der Waals surface area contributed by atoms with E-state index >= 15 is 0 Å². The Morgan fingerprint density at radius 2 is 1.85 bits per heavy atom. The Balaban J connectivity index is 0.00000364. The van der Waals surface area contributed by atoms with Crippen LogP contribution in [0.4, 0.5) is 5.69 Å². The maximum absolute atomic E-state index is 12.9. The molecule has 9 heteroatoms. The van der Waals surface area contributed by atoms with Gasteiger partial charge in [-0.25, -0.2) is 0 Å². The molecule has 2 rings (SSSR count). The van der Waals surface area contributed by atoms with Crippen molar-refractivity contribution in [2.75, 3.05) is 46.4 Å². The molecule has 0 saturated carbocycles. The molecule has 1 aromatic rings.